The second kappa shape index (κ2) is 21.9. The molecule has 11 nitrogen and oxygen atoms in total. The standard InChI is InChI=1S/C48H67N3O8/c1-4-26-51(44(54)25-22-34-16-10-11-17-34)43-32-41(50-57-33-35-18-8-7-9-19-35)39-30-36(20-12-14-27-52)38(21-13-15-28-53)45-40-31-37(58-47(55)49-6-3)23-24-42(40)59-48(43,46(39)45)56-29-5-2/h5,7-9,18-19,23-24,30-31,34,36,38,43,45-46,52-53H,2,4,6,10-17,20-22,25-29,32-33H2,1,3H3,(H,49,55). The SMILES string of the molecule is C=CCOC12Oc3ccc(OC(=O)NCC)cc3C3C(CCCCO)C(CCCCO)C=C(C(=NOCc4ccccc4)CC1N(CCC)C(=O)CCC1CCCC1)C32. The third-order valence-corrected chi connectivity index (χ3v) is 12.8. The molecule has 0 saturated heterocycles. The lowest BCUT2D eigenvalue weighted by atomic mass is 9.55. The van der Waals surface area contributed by atoms with Crippen LogP contribution in [0.3, 0.4) is 0 Å². The first-order valence-electron chi connectivity index (χ1n) is 22.4. The molecule has 3 aliphatic carbocycles. The molecule has 1 heterocycles. The van der Waals surface area contributed by atoms with E-state index in [0.29, 0.717) is 56.2 Å². The normalized spacial score (nSPS) is 25.3. The third kappa shape index (κ3) is 10.6. The number of nitrogens with one attached hydrogen (secondary N) is 1. The highest BCUT2D eigenvalue weighted by atomic mass is 16.7. The minimum absolute atomic E-state index is 0.0611. The van der Waals surface area contributed by atoms with Gasteiger partial charge in [0, 0.05) is 50.6 Å². The Bertz CT molecular complexity index is 1740. The van der Waals surface area contributed by atoms with Gasteiger partial charge in [0.2, 0.25) is 11.7 Å². The molecule has 59 heavy (non-hydrogen) atoms. The van der Waals surface area contributed by atoms with Gasteiger partial charge in [-0.15, -0.1) is 6.58 Å². The van der Waals surface area contributed by atoms with Gasteiger partial charge in [-0.1, -0.05) is 93.1 Å². The summed E-state index contributed by atoms with van der Waals surface area (Å²) < 4.78 is 20.3. The lowest BCUT2D eigenvalue weighted by molar-refractivity contribution is -0.257. The number of amides is 2. The van der Waals surface area contributed by atoms with Crippen LogP contribution in [-0.2, 0) is 21.0 Å². The summed E-state index contributed by atoms with van der Waals surface area (Å²) in [4.78, 5) is 35.7. The predicted octanol–water partition coefficient (Wildman–Crippen LogP) is 8.84. The van der Waals surface area contributed by atoms with Gasteiger partial charge in [0.1, 0.15) is 24.1 Å². The van der Waals surface area contributed by atoms with E-state index in [1.165, 1.54) is 25.7 Å². The molecular weight excluding hydrogens is 747 g/mol. The summed E-state index contributed by atoms with van der Waals surface area (Å²) in [6, 6.07) is 15.0. The Morgan fingerprint density at radius 3 is 2.49 bits per heavy atom. The molecule has 2 saturated carbocycles. The van der Waals surface area contributed by atoms with Crippen molar-refractivity contribution >= 4 is 17.7 Å². The maximum Gasteiger partial charge on any atom is 0.412 e. The summed E-state index contributed by atoms with van der Waals surface area (Å²) in [5.74, 6) is -0.117. The van der Waals surface area contributed by atoms with Gasteiger partial charge < -0.3 is 39.5 Å². The number of fused-ring (bicyclic) bond motifs is 2. The smallest absolute Gasteiger partial charge is 0.412 e. The Balaban J connectivity index is 1.54. The van der Waals surface area contributed by atoms with E-state index >= 15 is 0 Å². The molecule has 6 atom stereocenters. The number of unbranched alkanes of at least 4 members (excludes halogenated alkanes) is 2. The fraction of sp³-hybridized carbons (Fsp3) is 0.604. The molecule has 1 aliphatic heterocycles. The quantitative estimate of drug-likeness (QED) is 0.0609. The zero-order valence-corrected chi connectivity index (χ0v) is 35.3. The van der Waals surface area contributed by atoms with Crippen LogP contribution >= 0.6 is 0 Å². The minimum atomic E-state index is -1.32. The molecule has 2 aromatic carbocycles. The number of oxime groups is 1. The number of ether oxygens (including phenoxy) is 3. The van der Waals surface area contributed by atoms with E-state index in [0.717, 1.165) is 60.9 Å². The molecule has 6 unspecified atom stereocenters. The second-order valence-electron chi connectivity index (χ2n) is 16.7. The van der Waals surface area contributed by atoms with Crippen LogP contribution in [-0.4, -0.2) is 77.6 Å². The van der Waals surface area contributed by atoms with Crippen LogP contribution in [0.5, 0.6) is 11.5 Å². The van der Waals surface area contributed by atoms with Crippen molar-refractivity contribution in [2.45, 2.75) is 128 Å². The molecule has 0 bridgehead atoms. The number of carbonyl (C=O) groups excluding carboxylic acids is 2. The van der Waals surface area contributed by atoms with Gasteiger partial charge >= 0.3 is 6.09 Å². The largest absolute Gasteiger partial charge is 0.459 e. The van der Waals surface area contributed by atoms with Gasteiger partial charge in [-0.3, -0.25) is 4.79 Å². The first-order chi connectivity index (χ1) is 28.9. The van der Waals surface area contributed by atoms with Crippen molar-refractivity contribution in [2.75, 3.05) is 32.9 Å². The van der Waals surface area contributed by atoms with E-state index in [1.807, 2.05) is 54.3 Å². The van der Waals surface area contributed by atoms with Gasteiger partial charge in [-0.05, 0) is 92.5 Å². The first kappa shape index (κ1) is 44.4. The Labute approximate surface area is 351 Å². The Morgan fingerprint density at radius 2 is 1.78 bits per heavy atom. The van der Waals surface area contributed by atoms with Crippen molar-refractivity contribution in [1.82, 2.24) is 10.2 Å². The van der Waals surface area contributed by atoms with E-state index < -0.39 is 23.8 Å². The molecular formula is C48H67N3O8. The van der Waals surface area contributed by atoms with Crippen LogP contribution in [0.4, 0.5) is 4.79 Å². The van der Waals surface area contributed by atoms with Gasteiger partial charge in [-0.25, -0.2) is 4.79 Å². The Kier molecular flexibility index (Phi) is 16.5. The van der Waals surface area contributed by atoms with E-state index in [1.54, 1.807) is 12.1 Å². The summed E-state index contributed by atoms with van der Waals surface area (Å²) in [6.07, 6.45) is 15.4. The summed E-state index contributed by atoms with van der Waals surface area (Å²) in [5.41, 5.74) is 3.65. The maximum absolute atomic E-state index is 14.7. The molecule has 6 rings (SSSR count). The molecule has 0 radical (unpaired) electrons. The molecule has 0 aromatic heterocycles. The number of aliphatic hydroxyl groups excluding tert-OH is 2. The van der Waals surface area contributed by atoms with Crippen molar-refractivity contribution in [1.29, 1.82) is 0 Å². The summed E-state index contributed by atoms with van der Waals surface area (Å²) in [5, 5.41) is 27.5. The highest BCUT2D eigenvalue weighted by Crippen LogP contribution is 2.62. The number of benzene rings is 2. The Morgan fingerprint density at radius 1 is 1.02 bits per heavy atom. The zero-order chi connectivity index (χ0) is 41.6. The first-order valence-corrected chi connectivity index (χ1v) is 22.4. The van der Waals surface area contributed by atoms with E-state index in [4.69, 9.17) is 24.2 Å². The Hall–Kier alpha value is -4.19. The van der Waals surface area contributed by atoms with Crippen LogP contribution in [0.15, 0.2) is 78.0 Å². The number of aliphatic hydroxyl groups is 2. The molecule has 11 heteroatoms. The fourth-order valence-corrected chi connectivity index (χ4v) is 10.2. The average molecular weight is 814 g/mol. The van der Waals surface area contributed by atoms with E-state index in [-0.39, 0.29) is 50.1 Å². The number of carbonyl (C=O) groups is 2. The predicted molar refractivity (Wildman–Crippen MR) is 229 cm³/mol. The number of hydrogen-bond acceptors (Lipinski definition) is 9. The van der Waals surface area contributed by atoms with Crippen molar-refractivity contribution in [2.24, 2.45) is 28.8 Å². The molecule has 3 N–H and O–H groups in total. The monoisotopic (exact) mass is 813 g/mol. The van der Waals surface area contributed by atoms with Crippen molar-refractivity contribution < 1.29 is 38.9 Å². The number of rotatable bonds is 22. The van der Waals surface area contributed by atoms with Crippen LogP contribution in [0, 0.1) is 23.7 Å². The topological polar surface area (TPSA) is 139 Å². The molecule has 4 aliphatic rings. The lowest BCUT2D eigenvalue weighted by Crippen LogP contribution is -2.70. The van der Waals surface area contributed by atoms with Crippen LogP contribution < -0.4 is 14.8 Å². The number of nitrogens with zero attached hydrogens (tertiary/aromatic N) is 2. The lowest BCUT2D eigenvalue weighted by Gasteiger charge is -2.60. The van der Waals surface area contributed by atoms with E-state index in [9.17, 15) is 19.8 Å². The summed E-state index contributed by atoms with van der Waals surface area (Å²) >= 11 is 0. The minimum Gasteiger partial charge on any atom is -0.459 e. The summed E-state index contributed by atoms with van der Waals surface area (Å²) in [7, 11) is 0. The van der Waals surface area contributed by atoms with Gasteiger partial charge in [0.25, 0.3) is 0 Å². The zero-order valence-electron chi connectivity index (χ0n) is 35.3. The second-order valence-corrected chi connectivity index (χ2v) is 16.7. The van der Waals surface area contributed by atoms with Crippen molar-refractivity contribution in [3.8, 4) is 11.5 Å². The van der Waals surface area contributed by atoms with Gasteiger partial charge in [0.05, 0.1) is 18.2 Å². The highest BCUT2D eigenvalue weighted by molar-refractivity contribution is 6.03. The van der Waals surface area contributed by atoms with Crippen LogP contribution in [0.25, 0.3) is 0 Å². The van der Waals surface area contributed by atoms with E-state index in [2.05, 4.69) is 24.9 Å². The van der Waals surface area contributed by atoms with Crippen LogP contribution in [0.1, 0.15) is 121 Å². The maximum atomic E-state index is 14.7. The molecule has 2 amide bonds. The number of allylic oxidation sites excluding steroid dienone is 1. The molecule has 322 valence electrons. The number of hydrogen-bond donors (Lipinski definition) is 3. The fourth-order valence-electron chi connectivity index (χ4n) is 10.2. The van der Waals surface area contributed by atoms with Crippen LogP contribution in [0.2, 0.25) is 0 Å². The highest BCUT2D eigenvalue weighted by Gasteiger charge is 2.65. The van der Waals surface area contributed by atoms with Crippen molar-refractivity contribution in [3.05, 3.63) is 84.0 Å². The molecule has 2 fully saturated rings. The average Bonchev–Trinajstić information content (AvgIpc) is 3.77. The summed E-state index contributed by atoms with van der Waals surface area (Å²) in [6.45, 7) is 9.66. The molecule has 2 aromatic rings. The van der Waals surface area contributed by atoms with Crippen molar-refractivity contribution in [3.63, 3.8) is 0 Å². The van der Waals surface area contributed by atoms with Gasteiger partial charge in [0.15, 0.2) is 0 Å². The van der Waals surface area contributed by atoms with Gasteiger partial charge in [-0.2, -0.15) is 0 Å². The third-order valence-electron chi connectivity index (χ3n) is 12.8. The molecule has 0 spiro atoms.